The molecule has 0 aromatic heterocycles. The largest absolute Gasteiger partial charge is 0.461 e. The van der Waals surface area contributed by atoms with E-state index in [4.69, 9.17) is 15.5 Å². The maximum absolute atomic E-state index is 12.9. The van der Waals surface area contributed by atoms with E-state index in [0.29, 0.717) is 41.1 Å². The number of nitrogens with zero attached hydrogens (tertiary/aromatic N) is 3. The van der Waals surface area contributed by atoms with Gasteiger partial charge >= 0.3 is 5.97 Å². The number of carbonyl (C=O) groups excluding carboxylic acids is 1. The number of nitrogens with one attached hydrogen (secondary N) is 2. The minimum atomic E-state index is -0.590. The van der Waals surface area contributed by atoms with Gasteiger partial charge in [-0.15, -0.1) is 0 Å². The molecule has 2 fully saturated rings. The number of benzene rings is 1. The van der Waals surface area contributed by atoms with Crippen LogP contribution in [-0.2, 0) is 9.53 Å². The molecule has 0 amide bonds. The highest BCUT2D eigenvalue weighted by atomic mass is 16.5. The molecule has 1 saturated heterocycles. The average molecular weight is 409 g/mol. The average Bonchev–Trinajstić information content (AvgIpc) is 2.79. The lowest BCUT2D eigenvalue weighted by molar-refractivity contribution is -0.140. The second kappa shape index (κ2) is 9.18. The van der Waals surface area contributed by atoms with Crippen LogP contribution in [0.5, 0.6) is 0 Å². The van der Waals surface area contributed by atoms with Gasteiger partial charge in [-0.2, -0.15) is 5.26 Å². The molecule has 0 atom stereocenters. The Hall–Kier alpha value is -3.05. The molecule has 2 heterocycles. The Kier molecular flexibility index (Phi) is 6.19. The van der Waals surface area contributed by atoms with E-state index >= 15 is 0 Å². The van der Waals surface area contributed by atoms with Crippen LogP contribution >= 0.6 is 0 Å². The molecular formula is C22H28N6O2. The lowest BCUT2D eigenvalue weighted by Crippen LogP contribution is -2.48. The first kappa shape index (κ1) is 20.2. The second-order valence-corrected chi connectivity index (χ2v) is 8.04. The molecule has 3 aliphatic rings. The fraction of sp³-hybridized carbons (Fsp3) is 0.500. The van der Waals surface area contributed by atoms with Gasteiger partial charge in [0.2, 0.25) is 0 Å². The Bertz CT molecular complexity index is 905. The molecule has 0 spiro atoms. The summed E-state index contributed by atoms with van der Waals surface area (Å²) < 4.78 is 5.57. The fourth-order valence-corrected chi connectivity index (χ4v) is 4.21. The number of rotatable bonds is 3. The van der Waals surface area contributed by atoms with Crippen molar-refractivity contribution in [1.29, 1.82) is 5.26 Å². The van der Waals surface area contributed by atoms with Crippen molar-refractivity contribution in [2.45, 2.75) is 32.1 Å². The van der Waals surface area contributed by atoms with Gasteiger partial charge in [0.1, 0.15) is 11.8 Å². The molecule has 2 aliphatic heterocycles. The van der Waals surface area contributed by atoms with Crippen molar-refractivity contribution in [1.82, 2.24) is 10.2 Å². The SMILES string of the molecule is N#C/C(C(=O)OCC1CCCCC1)=C1\Nc2ccc(N)cc2N=C1N1CCNCC1. The highest BCUT2D eigenvalue weighted by molar-refractivity contribution is 6.12. The molecule has 0 unspecified atom stereocenters. The van der Waals surface area contributed by atoms with Gasteiger partial charge in [0, 0.05) is 31.9 Å². The normalized spacial score (nSPS) is 21.0. The highest BCUT2D eigenvalue weighted by Crippen LogP contribution is 2.34. The number of amidine groups is 1. The Morgan fingerprint density at radius 3 is 2.77 bits per heavy atom. The summed E-state index contributed by atoms with van der Waals surface area (Å²) >= 11 is 0. The van der Waals surface area contributed by atoms with Crippen molar-refractivity contribution in [2.75, 3.05) is 43.8 Å². The summed E-state index contributed by atoms with van der Waals surface area (Å²) in [6.07, 6.45) is 5.75. The number of piperazine rings is 1. The third-order valence-electron chi connectivity index (χ3n) is 5.89. The molecule has 158 valence electrons. The van der Waals surface area contributed by atoms with E-state index in [0.717, 1.165) is 39.0 Å². The number of nitriles is 1. The van der Waals surface area contributed by atoms with Crippen LogP contribution in [-0.4, -0.2) is 49.5 Å². The van der Waals surface area contributed by atoms with Crippen LogP contribution in [0.2, 0.25) is 0 Å². The van der Waals surface area contributed by atoms with Gasteiger partial charge in [-0.1, -0.05) is 19.3 Å². The number of anilines is 2. The van der Waals surface area contributed by atoms with E-state index in [2.05, 4.69) is 21.6 Å². The molecule has 1 saturated carbocycles. The molecule has 8 nitrogen and oxygen atoms in total. The van der Waals surface area contributed by atoms with Crippen molar-refractivity contribution in [3.05, 3.63) is 29.5 Å². The third-order valence-corrected chi connectivity index (χ3v) is 5.89. The molecule has 4 rings (SSSR count). The summed E-state index contributed by atoms with van der Waals surface area (Å²) in [7, 11) is 0. The Morgan fingerprint density at radius 1 is 1.27 bits per heavy atom. The van der Waals surface area contributed by atoms with Crippen LogP contribution < -0.4 is 16.4 Å². The minimum absolute atomic E-state index is 0.0365. The Balaban J connectivity index is 1.63. The molecule has 30 heavy (non-hydrogen) atoms. The number of fused-ring (bicyclic) bond motifs is 1. The smallest absolute Gasteiger partial charge is 0.351 e. The molecule has 0 bridgehead atoms. The molecule has 1 aromatic rings. The van der Waals surface area contributed by atoms with E-state index in [9.17, 15) is 10.1 Å². The monoisotopic (exact) mass is 408 g/mol. The van der Waals surface area contributed by atoms with Crippen LogP contribution in [0, 0.1) is 17.2 Å². The predicted molar refractivity (Wildman–Crippen MR) is 116 cm³/mol. The van der Waals surface area contributed by atoms with Crippen LogP contribution in [0.15, 0.2) is 34.5 Å². The van der Waals surface area contributed by atoms with E-state index in [-0.39, 0.29) is 5.57 Å². The van der Waals surface area contributed by atoms with Crippen molar-refractivity contribution in [2.24, 2.45) is 10.9 Å². The first-order valence-corrected chi connectivity index (χ1v) is 10.7. The predicted octanol–water partition coefficient (Wildman–Crippen LogP) is 2.53. The number of nitrogens with two attached hydrogens (primary N) is 1. The van der Waals surface area contributed by atoms with Crippen LogP contribution in [0.4, 0.5) is 17.1 Å². The van der Waals surface area contributed by atoms with E-state index in [1.54, 1.807) is 12.1 Å². The molecule has 1 aliphatic carbocycles. The lowest BCUT2D eigenvalue weighted by atomic mass is 9.90. The Morgan fingerprint density at radius 2 is 2.03 bits per heavy atom. The van der Waals surface area contributed by atoms with Crippen LogP contribution in [0.1, 0.15) is 32.1 Å². The summed E-state index contributed by atoms with van der Waals surface area (Å²) in [5, 5.41) is 16.4. The number of esters is 1. The zero-order valence-electron chi connectivity index (χ0n) is 17.1. The quantitative estimate of drug-likeness (QED) is 0.305. The van der Waals surface area contributed by atoms with Gasteiger partial charge in [0.25, 0.3) is 0 Å². The van der Waals surface area contributed by atoms with E-state index < -0.39 is 5.97 Å². The van der Waals surface area contributed by atoms with Gasteiger partial charge in [0.15, 0.2) is 11.4 Å². The third kappa shape index (κ3) is 4.41. The second-order valence-electron chi connectivity index (χ2n) is 8.04. The van der Waals surface area contributed by atoms with Crippen LogP contribution in [0.3, 0.4) is 0 Å². The number of hydrogen-bond acceptors (Lipinski definition) is 8. The highest BCUT2D eigenvalue weighted by Gasteiger charge is 2.30. The summed E-state index contributed by atoms with van der Waals surface area (Å²) in [5.41, 5.74) is 8.32. The minimum Gasteiger partial charge on any atom is -0.461 e. The summed E-state index contributed by atoms with van der Waals surface area (Å²) in [5.74, 6) is 0.380. The van der Waals surface area contributed by atoms with Gasteiger partial charge in [-0.25, -0.2) is 9.79 Å². The Labute approximate surface area is 176 Å². The molecule has 0 radical (unpaired) electrons. The lowest BCUT2D eigenvalue weighted by Gasteiger charge is -2.34. The summed E-state index contributed by atoms with van der Waals surface area (Å²) in [4.78, 5) is 19.7. The van der Waals surface area contributed by atoms with Crippen molar-refractivity contribution < 1.29 is 9.53 Å². The van der Waals surface area contributed by atoms with E-state index in [1.807, 2.05) is 6.07 Å². The molecule has 8 heteroatoms. The van der Waals surface area contributed by atoms with Crippen molar-refractivity contribution >= 4 is 28.9 Å². The summed E-state index contributed by atoms with van der Waals surface area (Å²) in [6, 6.07) is 7.43. The maximum atomic E-state index is 12.9. The van der Waals surface area contributed by atoms with E-state index in [1.165, 1.54) is 19.3 Å². The van der Waals surface area contributed by atoms with Crippen molar-refractivity contribution in [3.63, 3.8) is 0 Å². The number of hydrogen-bond donors (Lipinski definition) is 3. The number of ether oxygens (including phenoxy) is 1. The first-order valence-electron chi connectivity index (χ1n) is 10.7. The maximum Gasteiger partial charge on any atom is 0.351 e. The fourth-order valence-electron chi connectivity index (χ4n) is 4.21. The zero-order chi connectivity index (χ0) is 20.9. The molecular weight excluding hydrogens is 380 g/mol. The van der Waals surface area contributed by atoms with Gasteiger partial charge in [0.05, 0.1) is 18.0 Å². The zero-order valence-corrected chi connectivity index (χ0v) is 17.1. The topological polar surface area (TPSA) is 116 Å². The summed E-state index contributed by atoms with van der Waals surface area (Å²) in [6.45, 7) is 3.45. The first-order chi connectivity index (χ1) is 14.7. The van der Waals surface area contributed by atoms with Gasteiger partial charge < -0.3 is 26.0 Å². The van der Waals surface area contributed by atoms with Gasteiger partial charge in [-0.3, -0.25) is 0 Å². The number of nitrogen functional groups attached to an aromatic ring is 1. The number of carbonyl (C=O) groups is 1. The van der Waals surface area contributed by atoms with Crippen LogP contribution in [0.25, 0.3) is 0 Å². The number of aliphatic imine (C=N–C) groups is 1. The molecule has 1 aromatic carbocycles. The van der Waals surface area contributed by atoms with Crippen molar-refractivity contribution in [3.8, 4) is 6.07 Å². The standard InChI is InChI=1S/C22H28N6O2/c23-13-17(22(29)30-14-15-4-2-1-3-5-15)20-21(28-10-8-25-9-11-28)27-19-12-16(24)6-7-18(19)26-20/h6-7,12,15,25-26H,1-5,8-11,14,24H2/b20-17+. The van der Waals surface area contributed by atoms with Gasteiger partial charge in [-0.05, 0) is 37.0 Å². The molecule has 4 N–H and O–H groups in total.